The monoisotopic (exact) mass is 293 g/mol. The Bertz CT molecular complexity index is 645. The van der Waals surface area contributed by atoms with E-state index in [9.17, 15) is 9.18 Å². The molecule has 0 aliphatic carbocycles. The van der Waals surface area contributed by atoms with Crippen molar-refractivity contribution in [2.75, 3.05) is 0 Å². The van der Waals surface area contributed by atoms with Gasteiger partial charge in [0.2, 0.25) is 0 Å². The van der Waals surface area contributed by atoms with E-state index in [1.807, 2.05) is 0 Å². The van der Waals surface area contributed by atoms with Crippen LogP contribution in [0.25, 0.3) is 0 Å². The maximum atomic E-state index is 13.5. The van der Waals surface area contributed by atoms with Gasteiger partial charge in [-0.25, -0.2) is 14.2 Å². The summed E-state index contributed by atoms with van der Waals surface area (Å²) < 4.78 is 23.5. The molecule has 1 atom stereocenters. The van der Waals surface area contributed by atoms with Gasteiger partial charge in [-0.3, -0.25) is 0 Å². The van der Waals surface area contributed by atoms with Crippen LogP contribution < -0.4 is 9.47 Å². The minimum atomic E-state index is -1.77. The summed E-state index contributed by atoms with van der Waals surface area (Å²) in [6.45, 7) is 3.21. The average molecular weight is 293 g/mol. The number of aromatic nitrogens is 3. The number of para-hydroxylation sites is 1. The molecule has 21 heavy (non-hydrogen) atoms. The fraction of sp³-hybridized carbons (Fsp3) is 0.231. The Balaban J connectivity index is 2.20. The first-order chi connectivity index (χ1) is 9.95. The van der Waals surface area contributed by atoms with Crippen LogP contribution in [0.2, 0.25) is 0 Å². The molecule has 1 heterocycles. The smallest absolute Gasteiger partial charge is 0.387 e. The molecule has 0 fully saturated rings. The molecular formula is C13H12FN3O4. The van der Waals surface area contributed by atoms with Crippen molar-refractivity contribution >= 4 is 5.97 Å². The number of benzene rings is 1. The summed E-state index contributed by atoms with van der Waals surface area (Å²) in [4.78, 5) is 22.8. The predicted molar refractivity (Wildman–Crippen MR) is 68.4 cm³/mol. The maximum absolute atomic E-state index is 13.5. The van der Waals surface area contributed by atoms with Crippen molar-refractivity contribution in [1.82, 2.24) is 15.0 Å². The second kappa shape index (κ2) is 6.12. The van der Waals surface area contributed by atoms with Crippen LogP contribution in [-0.4, -0.2) is 32.3 Å². The highest BCUT2D eigenvalue weighted by molar-refractivity contribution is 5.71. The Hall–Kier alpha value is -2.77. The molecule has 0 saturated heterocycles. The van der Waals surface area contributed by atoms with E-state index in [2.05, 4.69) is 15.0 Å². The summed E-state index contributed by atoms with van der Waals surface area (Å²) in [6, 6.07) is 5.19. The van der Waals surface area contributed by atoms with Crippen LogP contribution >= 0.6 is 0 Å². The van der Waals surface area contributed by atoms with Crippen LogP contribution in [0.1, 0.15) is 11.6 Å². The SMILES string of the molecule is Cc1nc(C)nc(OC(Oc2ccccc2F)C(=O)O)n1. The lowest BCUT2D eigenvalue weighted by atomic mass is 10.3. The second-order valence-corrected chi connectivity index (χ2v) is 4.05. The number of hydrogen-bond acceptors (Lipinski definition) is 6. The van der Waals surface area contributed by atoms with Gasteiger partial charge in [-0.1, -0.05) is 12.1 Å². The van der Waals surface area contributed by atoms with E-state index < -0.39 is 18.1 Å². The minimum Gasteiger partial charge on any atom is -0.476 e. The number of rotatable bonds is 5. The quantitative estimate of drug-likeness (QED) is 0.834. The van der Waals surface area contributed by atoms with Crippen LogP contribution in [0.5, 0.6) is 11.8 Å². The number of carboxylic acids is 1. The standard InChI is InChI=1S/C13H12FN3O4/c1-7-15-8(2)17-13(16-7)21-12(11(18)19)20-10-6-4-3-5-9(10)14/h3-6,12H,1-2H3,(H,18,19). The third kappa shape index (κ3) is 3.85. The van der Waals surface area contributed by atoms with Gasteiger partial charge in [0, 0.05) is 0 Å². The molecule has 110 valence electrons. The first kappa shape index (κ1) is 14.6. The molecule has 2 aromatic rings. The third-order valence-corrected chi connectivity index (χ3v) is 2.32. The van der Waals surface area contributed by atoms with Crippen molar-refractivity contribution in [3.05, 3.63) is 41.7 Å². The van der Waals surface area contributed by atoms with Gasteiger partial charge in [-0.05, 0) is 26.0 Å². The number of hydrogen-bond donors (Lipinski definition) is 1. The topological polar surface area (TPSA) is 94.4 Å². The number of aliphatic carboxylic acids is 1. The summed E-state index contributed by atoms with van der Waals surface area (Å²) in [5.74, 6) is -1.64. The molecule has 1 aromatic carbocycles. The Morgan fingerprint density at radius 2 is 1.76 bits per heavy atom. The molecule has 0 aliphatic rings. The van der Waals surface area contributed by atoms with Crippen molar-refractivity contribution in [3.63, 3.8) is 0 Å². The lowest BCUT2D eigenvalue weighted by Crippen LogP contribution is -2.34. The zero-order valence-electron chi connectivity index (χ0n) is 11.3. The molecular weight excluding hydrogens is 281 g/mol. The predicted octanol–water partition coefficient (Wildman–Crippen LogP) is 1.50. The molecule has 1 N–H and O–H groups in total. The fourth-order valence-corrected chi connectivity index (χ4v) is 1.51. The lowest BCUT2D eigenvalue weighted by Gasteiger charge is -2.15. The lowest BCUT2D eigenvalue weighted by molar-refractivity contribution is -0.159. The Labute approximate surface area is 119 Å². The fourth-order valence-electron chi connectivity index (χ4n) is 1.51. The number of ether oxygens (including phenoxy) is 2. The molecule has 2 rings (SSSR count). The van der Waals surface area contributed by atoms with Crippen molar-refractivity contribution in [2.45, 2.75) is 20.1 Å². The van der Waals surface area contributed by atoms with E-state index in [0.717, 1.165) is 6.07 Å². The molecule has 7 nitrogen and oxygen atoms in total. The summed E-state index contributed by atoms with van der Waals surface area (Å²) in [7, 11) is 0. The first-order valence-electron chi connectivity index (χ1n) is 5.95. The van der Waals surface area contributed by atoms with Crippen molar-refractivity contribution < 1.29 is 23.8 Å². The summed E-state index contributed by atoms with van der Waals surface area (Å²) >= 11 is 0. The van der Waals surface area contributed by atoms with Crippen LogP contribution in [0.15, 0.2) is 24.3 Å². The Morgan fingerprint density at radius 1 is 1.14 bits per heavy atom. The van der Waals surface area contributed by atoms with Crippen LogP contribution in [0.4, 0.5) is 4.39 Å². The summed E-state index contributed by atoms with van der Waals surface area (Å²) in [5.41, 5.74) is 0. The highest BCUT2D eigenvalue weighted by atomic mass is 19.1. The van der Waals surface area contributed by atoms with E-state index in [1.165, 1.54) is 18.2 Å². The van der Waals surface area contributed by atoms with Gasteiger partial charge in [0.15, 0.2) is 11.6 Å². The normalized spacial score (nSPS) is 11.8. The molecule has 8 heteroatoms. The van der Waals surface area contributed by atoms with Gasteiger partial charge in [0.25, 0.3) is 0 Å². The van der Waals surface area contributed by atoms with E-state index in [0.29, 0.717) is 11.6 Å². The number of carboxylic acid groups (broad SMARTS) is 1. The average Bonchev–Trinajstić information content (AvgIpc) is 2.39. The van der Waals surface area contributed by atoms with E-state index in [4.69, 9.17) is 14.6 Å². The minimum absolute atomic E-state index is 0.205. The summed E-state index contributed by atoms with van der Waals surface area (Å²) in [6.07, 6.45) is -1.77. The second-order valence-electron chi connectivity index (χ2n) is 4.05. The molecule has 0 radical (unpaired) electrons. The van der Waals surface area contributed by atoms with E-state index >= 15 is 0 Å². The summed E-state index contributed by atoms with van der Waals surface area (Å²) in [5, 5.41) is 9.08. The first-order valence-corrected chi connectivity index (χ1v) is 5.95. The van der Waals surface area contributed by atoms with Gasteiger partial charge in [-0.15, -0.1) is 0 Å². The number of halogens is 1. The zero-order chi connectivity index (χ0) is 15.4. The molecule has 1 aromatic heterocycles. The van der Waals surface area contributed by atoms with Crippen molar-refractivity contribution in [3.8, 4) is 11.8 Å². The van der Waals surface area contributed by atoms with Crippen molar-refractivity contribution in [2.24, 2.45) is 0 Å². The van der Waals surface area contributed by atoms with Gasteiger partial charge in [-0.2, -0.15) is 9.97 Å². The highest BCUT2D eigenvalue weighted by Crippen LogP contribution is 2.18. The van der Waals surface area contributed by atoms with Gasteiger partial charge >= 0.3 is 18.3 Å². The van der Waals surface area contributed by atoms with E-state index in [-0.39, 0.29) is 11.8 Å². The largest absolute Gasteiger partial charge is 0.476 e. The zero-order valence-corrected chi connectivity index (χ0v) is 11.3. The van der Waals surface area contributed by atoms with Gasteiger partial charge in [0.1, 0.15) is 11.6 Å². The van der Waals surface area contributed by atoms with Crippen LogP contribution in [0, 0.1) is 19.7 Å². The molecule has 0 spiro atoms. The van der Waals surface area contributed by atoms with Crippen LogP contribution in [-0.2, 0) is 4.79 Å². The molecule has 0 bridgehead atoms. The molecule has 0 saturated carbocycles. The van der Waals surface area contributed by atoms with Crippen LogP contribution in [0.3, 0.4) is 0 Å². The number of nitrogens with zero attached hydrogens (tertiary/aromatic N) is 3. The Morgan fingerprint density at radius 3 is 2.33 bits per heavy atom. The number of carbonyl (C=O) groups is 1. The van der Waals surface area contributed by atoms with E-state index in [1.54, 1.807) is 13.8 Å². The third-order valence-electron chi connectivity index (χ3n) is 2.32. The Kier molecular flexibility index (Phi) is 4.27. The molecule has 1 unspecified atom stereocenters. The number of aryl methyl sites for hydroxylation is 2. The maximum Gasteiger partial charge on any atom is 0.387 e. The van der Waals surface area contributed by atoms with Gasteiger partial charge < -0.3 is 14.6 Å². The highest BCUT2D eigenvalue weighted by Gasteiger charge is 2.24. The van der Waals surface area contributed by atoms with Gasteiger partial charge in [0.05, 0.1) is 0 Å². The molecule has 0 amide bonds. The molecule has 0 aliphatic heterocycles. The van der Waals surface area contributed by atoms with Crippen molar-refractivity contribution in [1.29, 1.82) is 0 Å².